The molecule has 0 saturated carbocycles. The quantitative estimate of drug-likeness (QED) is 0.690. The summed E-state index contributed by atoms with van der Waals surface area (Å²) in [7, 11) is 1.86. The third kappa shape index (κ3) is 5.36. The van der Waals surface area contributed by atoms with E-state index >= 15 is 0 Å². The van der Waals surface area contributed by atoms with Gasteiger partial charge in [-0.25, -0.2) is 9.97 Å². The Hall–Kier alpha value is -1.01. The van der Waals surface area contributed by atoms with E-state index in [0.29, 0.717) is 19.0 Å². The van der Waals surface area contributed by atoms with Gasteiger partial charge in [0.1, 0.15) is 18.2 Å². The van der Waals surface area contributed by atoms with Crippen molar-refractivity contribution in [2.75, 3.05) is 37.1 Å². The number of hydrogen-bond acceptors (Lipinski definition) is 6. The van der Waals surface area contributed by atoms with Crippen molar-refractivity contribution in [3.05, 3.63) is 11.9 Å². The zero-order chi connectivity index (χ0) is 15.7. The molecule has 1 heterocycles. The highest BCUT2D eigenvalue weighted by Crippen LogP contribution is 2.30. The van der Waals surface area contributed by atoms with Gasteiger partial charge in [-0.15, -0.1) is 0 Å². The summed E-state index contributed by atoms with van der Waals surface area (Å²) in [6, 6.07) is 1.94. The zero-order valence-electron chi connectivity index (χ0n) is 13.8. The van der Waals surface area contributed by atoms with Crippen LogP contribution in [0.5, 0.6) is 0 Å². The molecule has 0 bridgehead atoms. The number of anilines is 2. The molecule has 6 heteroatoms. The Bertz CT molecular complexity index is 416. The van der Waals surface area contributed by atoms with Crippen molar-refractivity contribution >= 4 is 23.4 Å². The van der Waals surface area contributed by atoms with Crippen molar-refractivity contribution in [2.45, 2.75) is 45.0 Å². The van der Waals surface area contributed by atoms with Crippen LogP contribution in [0.15, 0.2) is 6.07 Å². The SMILES string of the molecule is CCOCc1nc(NC)cc(NCC(CC)(CC)SC)n1. The van der Waals surface area contributed by atoms with Gasteiger partial charge in [-0.1, -0.05) is 13.8 Å². The summed E-state index contributed by atoms with van der Waals surface area (Å²) in [6.45, 7) is 8.45. The molecule has 1 aromatic heterocycles. The lowest BCUT2D eigenvalue weighted by molar-refractivity contribution is 0.128. The highest BCUT2D eigenvalue weighted by molar-refractivity contribution is 8.00. The molecule has 120 valence electrons. The van der Waals surface area contributed by atoms with E-state index in [1.54, 1.807) is 0 Å². The lowest BCUT2D eigenvalue weighted by atomic mass is 10.0. The van der Waals surface area contributed by atoms with Crippen LogP contribution in [-0.2, 0) is 11.3 Å². The topological polar surface area (TPSA) is 59.1 Å². The third-order valence-electron chi connectivity index (χ3n) is 3.78. The van der Waals surface area contributed by atoms with Gasteiger partial charge in [0.2, 0.25) is 0 Å². The lowest BCUT2D eigenvalue weighted by Gasteiger charge is -2.30. The van der Waals surface area contributed by atoms with Gasteiger partial charge in [0, 0.05) is 31.0 Å². The van der Waals surface area contributed by atoms with E-state index in [-0.39, 0.29) is 4.75 Å². The van der Waals surface area contributed by atoms with E-state index in [9.17, 15) is 0 Å². The third-order valence-corrected chi connectivity index (χ3v) is 5.36. The monoisotopic (exact) mass is 312 g/mol. The maximum Gasteiger partial charge on any atom is 0.158 e. The standard InChI is InChI=1S/C15H28N4OS/c1-6-15(7-2,21-5)11-17-13-9-12(16-4)18-14(19-13)10-20-8-3/h9H,6-8,10-11H2,1-5H3,(H2,16,17,18,19). The maximum absolute atomic E-state index is 5.40. The normalized spacial score (nSPS) is 11.5. The Morgan fingerprint density at radius 1 is 1.19 bits per heavy atom. The van der Waals surface area contributed by atoms with E-state index in [4.69, 9.17) is 4.74 Å². The van der Waals surface area contributed by atoms with E-state index in [2.05, 4.69) is 40.7 Å². The van der Waals surface area contributed by atoms with Gasteiger partial charge in [0.05, 0.1) is 0 Å². The molecule has 0 saturated heterocycles. The number of nitrogens with one attached hydrogen (secondary N) is 2. The molecule has 0 aliphatic heterocycles. The molecular formula is C15H28N4OS. The molecule has 1 rings (SSSR count). The maximum atomic E-state index is 5.40. The van der Waals surface area contributed by atoms with Gasteiger partial charge in [0.25, 0.3) is 0 Å². The van der Waals surface area contributed by atoms with Crippen LogP contribution >= 0.6 is 11.8 Å². The summed E-state index contributed by atoms with van der Waals surface area (Å²) in [5, 5.41) is 6.53. The first-order chi connectivity index (χ1) is 10.1. The van der Waals surface area contributed by atoms with Crippen molar-refractivity contribution < 1.29 is 4.74 Å². The van der Waals surface area contributed by atoms with Crippen molar-refractivity contribution in [3.63, 3.8) is 0 Å². The number of aromatic nitrogens is 2. The van der Waals surface area contributed by atoms with Crippen LogP contribution in [0.3, 0.4) is 0 Å². The Morgan fingerprint density at radius 2 is 1.86 bits per heavy atom. The van der Waals surface area contributed by atoms with Gasteiger partial charge in [-0.2, -0.15) is 11.8 Å². The second-order valence-corrected chi connectivity index (χ2v) is 6.16. The fraction of sp³-hybridized carbons (Fsp3) is 0.733. The second-order valence-electron chi connectivity index (χ2n) is 4.89. The van der Waals surface area contributed by atoms with E-state index < -0.39 is 0 Å². The summed E-state index contributed by atoms with van der Waals surface area (Å²) in [5.41, 5.74) is 0. The van der Waals surface area contributed by atoms with Gasteiger partial charge in [0.15, 0.2) is 5.82 Å². The Balaban J connectivity index is 2.81. The Morgan fingerprint density at radius 3 is 2.38 bits per heavy atom. The van der Waals surface area contributed by atoms with Gasteiger partial charge >= 0.3 is 0 Å². The second kappa shape index (κ2) is 9.10. The molecule has 0 unspecified atom stereocenters. The molecule has 2 N–H and O–H groups in total. The summed E-state index contributed by atoms with van der Waals surface area (Å²) in [4.78, 5) is 8.93. The Labute approximate surface area is 132 Å². The zero-order valence-corrected chi connectivity index (χ0v) is 14.6. The molecule has 1 aromatic rings. The van der Waals surface area contributed by atoms with Crippen LogP contribution in [0.4, 0.5) is 11.6 Å². The van der Waals surface area contributed by atoms with E-state index in [1.807, 2.05) is 31.8 Å². The largest absolute Gasteiger partial charge is 0.374 e. The first kappa shape index (κ1) is 18.0. The van der Waals surface area contributed by atoms with Crippen LogP contribution in [0.2, 0.25) is 0 Å². The van der Waals surface area contributed by atoms with Crippen LogP contribution in [0, 0.1) is 0 Å². The molecule has 0 fully saturated rings. The minimum absolute atomic E-state index is 0.255. The van der Waals surface area contributed by atoms with Crippen molar-refractivity contribution in [1.82, 2.24) is 9.97 Å². The van der Waals surface area contributed by atoms with E-state index in [0.717, 1.165) is 31.0 Å². The predicted molar refractivity (Wildman–Crippen MR) is 92.2 cm³/mol. The van der Waals surface area contributed by atoms with Gasteiger partial charge in [-0.05, 0) is 26.0 Å². The van der Waals surface area contributed by atoms with Crippen LogP contribution in [0.25, 0.3) is 0 Å². The highest BCUT2D eigenvalue weighted by atomic mass is 32.2. The van der Waals surface area contributed by atoms with Gasteiger partial charge in [-0.3, -0.25) is 0 Å². The number of rotatable bonds is 10. The molecule has 5 nitrogen and oxygen atoms in total. The fourth-order valence-corrected chi connectivity index (χ4v) is 2.88. The molecule has 0 amide bonds. The fourth-order valence-electron chi connectivity index (χ4n) is 2.09. The lowest BCUT2D eigenvalue weighted by Crippen LogP contribution is -2.32. The van der Waals surface area contributed by atoms with Crippen molar-refractivity contribution in [2.24, 2.45) is 0 Å². The molecular weight excluding hydrogens is 284 g/mol. The average Bonchev–Trinajstić information content (AvgIpc) is 2.54. The van der Waals surface area contributed by atoms with E-state index in [1.165, 1.54) is 0 Å². The van der Waals surface area contributed by atoms with Gasteiger partial charge < -0.3 is 15.4 Å². The molecule has 21 heavy (non-hydrogen) atoms. The predicted octanol–water partition coefficient (Wildman–Crippen LogP) is 3.39. The van der Waals surface area contributed by atoms with Crippen LogP contribution in [0.1, 0.15) is 39.4 Å². The van der Waals surface area contributed by atoms with Crippen molar-refractivity contribution in [1.29, 1.82) is 0 Å². The molecule has 0 aliphatic rings. The average molecular weight is 312 g/mol. The van der Waals surface area contributed by atoms with Crippen molar-refractivity contribution in [3.8, 4) is 0 Å². The summed E-state index contributed by atoms with van der Waals surface area (Å²) >= 11 is 1.92. The molecule has 0 aliphatic carbocycles. The summed E-state index contributed by atoms with van der Waals surface area (Å²) in [6.07, 6.45) is 4.44. The summed E-state index contributed by atoms with van der Waals surface area (Å²) in [5.74, 6) is 2.36. The minimum atomic E-state index is 0.255. The first-order valence-corrected chi connectivity index (χ1v) is 8.78. The molecule has 0 spiro atoms. The minimum Gasteiger partial charge on any atom is -0.374 e. The van der Waals surface area contributed by atoms with Crippen LogP contribution in [-0.4, -0.2) is 41.2 Å². The number of nitrogens with zero attached hydrogens (tertiary/aromatic N) is 2. The van der Waals surface area contributed by atoms with Crippen LogP contribution < -0.4 is 10.6 Å². The number of hydrogen-bond donors (Lipinski definition) is 2. The number of ether oxygens (including phenoxy) is 1. The molecule has 0 atom stereocenters. The number of thioether (sulfide) groups is 1. The molecule has 0 radical (unpaired) electrons. The highest BCUT2D eigenvalue weighted by Gasteiger charge is 2.24. The smallest absolute Gasteiger partial charge is 0.158 e. The summed E-state index contributed by atoms with van der Waals surface area (Å²) < 4.78 is 5.65. The Kier molecular flexibility index (Phi) is 7.82. The molecule has 0 aromatic carbocycles. The first-order valence-electron chi connectivity index (χ1n) is 7.55.